The fourth-order valence-corrected chi connectivity index (χ4v) is 7.71. The molecule has 2 nitrogen and oxygen atoms in total. The van der Waals surface area contributed by atoms with Gasteiger partial charge in [-0.3, -0.25) is 0 Å². The summed E-state index contributed by atoms with van der Waals surface area (Å²) in [6, 6.07) is 11.4. The summed E-state index contributed by atoms with van der Waals surface area (Å²) >= 11 is 5.44. The van der Waals surface area contributed by atoms with Crippen LogP contribution in [-0.4, -0.2) is 9.97 Å². The van der Waals surface area contributed by atoms with Crippen molar-refractivity contribution in [3.05, 3.63) is 58.5 Å². The van der Waals surface area contributed by atoms with E-state index in [1.807, 2.05) is 22.7 Å². The van der Waals surface area contributed by atoms with E-state index in [0.717, 1.165) is 10.5 Å². The molecule has 30 heavy (non-hydrogen) atoms. The Morgan fingerprint density at radius 1 is 0.900 bits per heavy atom. The highest BCUT2D eigenvalue weighted by Crippen LogP contribution is 2.44. The summed E-state index contributed by atoms with van der Waals surface area (Å²) in [5.41, 5.74) is 5.02. The van der Waals surface area contributed by atoms with Gasteiger partial charge in [0.15, 0.2) is 0 Å². The van der Waals surface area contributed by atoms with Crippen LogP contribution >= 0.6 is 34.0 Å². The van der Waals surface area contributed by atoms with E-state index in [-0.39, 0.29) is 5.41 Å². The minimum absolute atomic E-state index is 0.0714. The van der Waals surface area contributed by atoms with Gasteiger partial charge in [0.2, 0.25) is 0 Å². The molecular formula is C25H20N2S3. The lowest BCUT2D eigenvalue weighted by molar-refractivity contribution is 0.597. The summed E-state index contributed by atoms with van der Waals surface area (Å²) in [6.45, 7) is 9.07. The van der Waals surface area contributed by atoms with Crippen LogP contribution in [0.3, 0.4) is 0 Å². The second-order valence-corrected chi connectivity index (χ2v) is 11.7. The van der Waals surface area contributed by atoms with Crippen LogP contribution in [0.4, 0.5) is 0 Å². The van der Waals surface area contributed by atoms with Gasteiger partial charge in [-0.25, -0.2) is 9.97 Å². The highest BCUT2D eigenvalue weighted by Gasteiger charge is 2.22. The first-order valence-electron chi connectivity index (χ1n) is 9.98. The third kappa shape index (κ3) is 2.59. The van der Waals surface area contributed by atoms with Crippen molar-refractivity contribution in [2.75, 3.05) is 0 Å². The van der Waals surface area contributed by atoms with E-state index in [0.29, 0.717) is 0 Å². The van der Waals surface area contributed by atoms with Gasteiger partial charge in [-0.1, -0.05) is 26.8 Å². The molecule has 6 aromatic rings. The molecule has 6 rings (SSSR count). The van der Waals surface area contributed by atoms with Gasteiger partial charge in [-0.2, -0.15) is 0 Å². The van der Waals surface area contributed by atoms with Crippen LogP contribution in [-0.2, 0) is 5.41 Å². The molecule has 0 radical (unpaired) electrons. The fraction of sp³-hybridized carbons (Fsp3) is 0.200. The van der Waals surface area contributed by atoms with E-state index in [1.54, 1.807) is 17.7 Å². The Bertz CT molecular complexity index is 1590. The molecule has 0 aliphatic rings. The molecule has 4 aromatic heterocycles. The van der Waals surface area contributed by atoms with Crippen LogP contribution in [0.15, 0.2) is 47.4 Å². The Balaban J connectivity index is 1.73. The molecule has 0 spiro atoms. The van der Waals surface area contributed by atoms with Crippen LogP contribution in [0.2, 0.25) is 0 Å². The van der Waals surface area contributed by atoms with Crippen molar-refractivity contribution in [3.8, 4) is 11.3 Å². The first kappa shape index (κ1) is 18.4. The minimum atomic E-state index is 0.0714. The molecule has 0 unspecified atom stereocenters. The lowest BCUT2D eigenvalue weighted by atomic mass is 9.85. The van der Waals surface area contributed by atoms with Crippen LogP contribution in [0.25, 0.3) is 51.7 Å². The van der Waals surface area contributed by atoms with E-state index in [1.165, 1.54) is 52.3 Å². The summed E-state index contributed by atoms with van der Waals surface area (Å²) in [7, 11) is 0. The molecule has 0 bridgehead atoms. The second kappa shape index (κ2) is 6.33. The smallest absolute Gasteiger partial charge is 0.128 e. The van der Waals surface area contributed by atoms with Crippen molar-refractivity contribution in [2.45, 2.75) is 33.1 Å². The summed E-state index contributed by atoms with van der Waals surface area (Å²) < 4.78 is 4.05. The van der Waals surface area contributed by atoms with E-state index >= 15 is 0 Å². The SMILES string of the molecule is Cc1csc2ccc3c(sc4ncnc(-c5cc(C(C)(C)C)c6sccc6c5)c43)c12. The number of aromatic nitrogens is 2. The summed E-state index contributed by atoms with van der Waals surface area (Å²) in [4.78, 5) is 10.5. The topological polar surface area (TPSA) is 25.8 Å². The Morgan fingerprint density at radius 3 is 2.60 bits per heavy atom. The van der Waals surface area contributed by atoms with Crippen LogP contribution in [0, 0.1) is 6.92 Å². The third-order valence-corrected chi connectivity index (χ3v) is 8.95. The number of nitrogens with zero attached hydrogens (tertiary/aromatic N) is 2. The van der Waals surface area contributed by atoms with Gasteiger partial charge in [0.1, 0.15) is 11.2 Å². The molecule has 0 atom stereocenters. The summed E-state index contributed by atoms with van der Waals surface area (Å²) in [5.74, 6) is 0. The molecule has 0 aliphatic carbocycles. The quantitative estimate of drug-likeness (QED) is 0.254. The largest absolute Gasteiger partial charge is 0.236 e. The molecule has 0 saturated heterocycles. The molecule has 2 aromatic carbocycles. The maximum atomic E-state index is 4.81. The zero-order valence-corrected chi connectivity index (χ0v) is 19.7. The van der Waals surface area contributed by atoms with Gasteiger partial charge < -0.3 is 0 Å². The normalized spacial score (nSPS) is 12.7. The number of aryl methyl sites for hydroxylation is 1. The Morgan fingerprint density at radius 2 is 1.77 bits per heavy atom. The minimum Gasteiger partial charge on any atom is -0.236 e. The Hall–Kier alpha value is -2.34. The Labute approximate surface area is 186 Å². The molecule has 0 aliphatic heterocycles. The molecule has 5 heteroatoms. The van der Waals surface area contributed by atoms with Gasteiger partial charge in [0, 0.05) is 35.8 Å². The maximum absolute atomic E-state index is 4.81. The predicted octanol–water partition coefficient (Wildman–Crippen LogP) is 8.55. The van der Waals surface area contributed by atoms with Crippen molar-refractivity contribution in [3.63, 3.8) is 0 Å². The molecule has 148 valence electrons. The number of thiophene rings is 3. The molecule has 0 N–H and O–H groups in total. The number of fused-ring (bicyclic) bond motifs is 6. The van der Waals surface area contributed by atoms with Gasteiger partial charge in [0.25, 0.3) is 0 Å². The fourth-order valence-electron chi connectivity index (χ4n) is 4.33. The second-order valence-electron chi connectivity index (χ2n) is 8.85. The predicted molar refractivity (Wildman–Crippen MR) is 135 cm³/mol. The van der Waals surface area contributed by atoms with Crippen LogP contribution in [0.1, 0.15) is 31.9 Å². The van der Waals surface area contributed by atoms with E-state index in [4.69, 9.17) is 4.98 Å². The summed E-state index contributed by atoms with van der Waals surface area (Å²) in [5, 5.41) is 9.55. The summed E-state index contributed by atoms with van der Waals surface area (Å²) in [6.07, 6.45) is 1.72. The average molecular weight is 445 g/mol. The number of rotatable bonds is 1. The molecule has 0 fully saturated rings. The van der Waals surface area contributed by atoms with Crippen molar-refractivity contribution >= 4 is 74.5 Å². The average Bonchev–Trinajstić information content (AvgIpc) is 3.42. The lowest BCUT2D eigenvalue weighted by Gasteiger charge is -2.21. The highest BCUT2D eigenvalue weighted by atomic mass is 32.1. The third-order valence-electron chi connectivity index (χ3n) is 5.79. The lowest BCUT2D eigenvalue weighted by Crippen LogP contribution is -2.11. The first-order chi connectivity index (χ1) is 14.4. The zero-order chi connectivity index (χ0) is 20.6. The van der Waals surface area contributed by atoms with Gasteiger partial charge in [-0.05, 0) is 63.9 Å². The van der Waals surface area contributed by atoms with Crippen LogP contribution < -0.4 is 0 Å². The number of benzene rings is 2. The zero-order valence-electron chi connectivity index (χ0n) is 17.2. The molecule has 0 saturated carbocycles. The van der Waals surface area contributed by atoms with Crippen molar-refractivity contribution in [2.24, 2.45) is 0 Å². The number of hydrogen-bond acceptors (Lipinski definition) is 5. The van der Waals surface area contributed by atoms with E-state index < -0.39 is 0 Å². The van der Waals surface area contributed by atoms with Crippen molar-refractivity contribution in [1.29, 1.82) is 0 Å². The van der Waals surface area contributed by atoms with Gasteiger partial charge >= 0.3 is 0 Å². The molecule has 0 amide bonds. The maximum Gasteiger partial charge on any atom is 0.128 e. The van der Waals surface area contributed by atoms with E-state index in [2.05, 4.69) is 73.8 Å². The standard InChI is InChI=1S/C25H20N2S3/c1-13-11-29-18-6-5-16-20-21(26-12-27-24(20)30-23(16)19(13)18)15-9-14-7-8-28-22(14)17(10-15)25(2,3)4/h5-12H,1-4H3. The van der Waals surface area contributed by atoms with Crippen molar-refractivity contribution < 1.29 is 0 Å². The number of hydrogen-bond donors (Lipinski definition) is 0. The molecular weight excluding hydrogens is 424 g/mol. The van der Waals surface area contributed by atoms with E-state index in [9.17, 15) is 0 Å². The van der Waals surface area contributed by atoms with Gasteiger partial charge in [0.05, 0.1) is 5.69 Å². The van der Waals surface area contributed by atoms with Crippen LogP contribution in [0.5, 0.6) is 0 Å². The Kier molecular flexibility index (Phi) is 3.89. The van der Waals surface area contributed by atoms with Crippen molar-refractivity contribution in [1.82, 2.24) is 9.97 Å². The monoisotopic (exact) mass is 444 g/mol. The van der Waals surface area contributed by atoms with Gasteiger partial charge in [-0.15, -0.1) is 34.0 Å². The highest BCUT2D eigenvalue weighted by molar-refractivity contribution is 7.27. The first-order valence-corrected chi connectivity index (χ1v) is 12.6. The molecule has 4 heterocycles.